The van der Waals surface area contributed by atoms with Crippen molar-refractivity contribution in [2.24, 2.45) is 0 Å². The minimum absolute atomic E-state index is 0.441. The lowest BCUT2D eigenvalue weighted by molar-refractivity contribution is 0.342. The number of aromatic nitrogens is 2. The predicted octanol–water partition coefficient (Wildman–Crippen LogP) is 0.691. The van der Waals surface area contributed by atoms with E-state index in [0.29, 0.717) is 29.0 Å². The average molecular weight is 241 g/mol. The molecular weight excluding hydrogens is 230 g/mol. The molecule has 3 aromatic rings. The standard InChI is InChI=1S/C13H11N3O2/c1-2-18-12-6-10-11(5-9(12)14)16-8(7-17)3-4-13(16)15-10/h3-6H,2,14H2,1H3. The first-order valence-electron chi connectivity index (χ1n) is 5.63. The third-order valence-electron chi connectivity index (χ3n) is 2.85. The first-order valence-corrected chi connectivity index (χ1v) is 5.63. The fourth-order valence-electron chi connectivity index (χ4n) is 2.09. The highest BCUT2D eigenvalue weighted by Gasteiger charge is 2.10. The van der Waals surface area contributed by atoms with E-state index in [2.05, 4.69) is 4.98 Å². The van der Waals surface area contributed by atoms with E-state index >= 15 is 0 Å². The van der Waals surface area contributed by atoms with Crippen LogP contribution < -0.4 is 15.8 Å². The summed E-state index contributed by atoms with van der Waals surface area (Å²) in [5, 5.41) is 0.441. The number of hydrogen-bond donors (Lipinski definition) is 1. The summed E-state index contributed by atoms with van der Waals surface area (Å²) in [5.41, 5.74) is 8.69. The zero-order valence-electron chi connectivity index (χ0n) is 9.80. The third kappa shape index (κ3) is 1.35. The molecule has 2 heterocycles. The number of nitrogens with zero attached hydrogens (tertiary/aromatic N) is 2. The molecule has 0 spiro atoms. The van der Waals surface area contributed by atoms with E-state index in [1.807, 2.05) is 12.9 Å². The first-order chi connectivity index (χ1) is 8.74. The second kappa shape index (κ2) is 3.75. The highest BCUT2D eigenvalue weighted by atomic mass is 16.5. The lowest BCUT2D eigenvalue weighted by atomic mass is 10.2. The Morgan fingerprint density at radius 3 is 3.00 bits per heavy atom. The summed E-state index contributed by atoms with van der Waals surface area (Å²) in [6.07, 6.45) is 0. The number of nitrogen functional groups attached to an aromatic ring is 1. The van der Waals surface area contributed by atoms with Gasteiger partial charge in [-0.25, -0.2) is 9.78 Å². The van der Waals surface area contributed by atoms with E-state index in [-0.39, 0.29) is 0 Å². The van der Waals surface area contributed by atoms with Gasteiger partial charge >= 0.3 is 0 Å². The van der Waals surface area contributed by atoms with Crippen LogP contribution in [-0.2, 0) is 4.79 Å². The predicted molar refractivity (Wildman–Crippen MR) is 68.3 cm³/mol. The minimum atomic E-state index is 0.441. The van der Waals surface area contributed by atoms with Crippen molar-refractivity contribution >= 4 is 28.3 Å². The highest BCUT2D eigenvalue weighted by Crippen LogP contribution is 2.28. The number of ether oxygens (including phenoxy) is 1. The van der Waals surface area contributed by atoms with E-state index in [1.54, 1.807) is 28.7 Å². The number of imidazole rings is 1. The fraction of sp³-hybridized carbons (Fsp3) is 0.154. The molecule has 5 nitrogen and oxygen atoms in total. The number of rotatable bonds is 2. The SMILES string of the molecule is CCOc1cc2nc3ccc(=C=O)n3c2cc1N. The normalized spacial score (nSPS) is 10.9. The molecule has 1 aromatic carbocycles. The Balaban J connectivity index is 2.42. The Kier molecular flexibility index (Phi) is 2.21. The summed E-state index contributed by atoms with van der Waals surface area (Å²) in [4.78, 5) is 15.3. The van der Waals surface area contributed by atoms with Crippen molar-refractivity contribution in [3.8, 4) is 5.75 Å². The van der Waals surface area contributed by atoms with Crippen LogP contribution in [0.15, 0.2) is 24.3 Å². The molecule has 0 amide bonds. The topological polar surface area (TPSA) is 69.6 Å². The number of anilines is 1. The van der Waals surface area contributed by atoms with Gasteiger partial charge in [0.05, 0.1) is 23.3 Å². The largest absolute Gasteiger partial charge is 0.492 e. The van der Waals surface area contributed by atoms with Crippen LogP contribution in [-0.4, -0.2) is 21.9 Å². The maximum Gasteiger partial charge on any atom is 0.151 e. The maximum atomic E-state index is 10.8. The average Bonchev–Trinajstić information content (AvgIpc) is 2.89. The summed E-state index contributed by atoms with van der Waals surface area (Å²) < 4.78 is 7.15. The van der Waals surface area contributed by atoms with E-state index in [9.17, 15) is 4.79 Å². The fourth-order valence-corrected chi connectivity index (χ4v) is 2.09. The Bertz CT molecular complexity index is 816. The summed E-state index contributed by atoms with van der Waals surface area (Å²) in [5.74, 6) is 2.50. The molecule has 0 bridgehead atoms. The summed E-state index contributed by atoms with van der Waals surface area (Å²) in [6.45, 7) is 2.44. The first kappa shape index (κ1) is 10.6. The van der Waals surface area contributed by atoms with Gasteiger partial charge in [-0.1, -0.05) is 0 Å². The molecule has 2 aromatic heterocycles. The smallest absolute Gasteiger partial charge is 0.151 e. The van der Waals surface area contributed by atoms with E-state index in [4.69, 9.17) is 10.5 Å². The molecule has 18 heavy (non-hydrogen) atoms. The van der Waals surface area contributed by atoms with Crippen LogP contribution in [0.5, 0.6) is 5.75 Å². The molecule has 2 N–H and O–H groups in total. The van der Waals surface area contributed by atoms with Gasteiger partial charge < -0.3 is 10.5 Å². The third-order valence-corrected chi connectivity index (χ3v) is 2.85. The number of benzene rings is 1. The Labute approximate surface area is 102 Å². The van der Waals surface area contributed by atoms with Gasteiger partial charge in [-0.05, 0) is 25.1 Å². The monoisotopic (exact) mass is 241 g/mol. The number of fused-ring (bicyclic) bond motifs is 3. The second-order valence-corrected chi connectivity index (χ2v) is 3.94. The summed E-state index contributed by atoms with van der Waals surface area (Å²) in [7, 11) is 0. The molecule has 5 heteroatoms. The highest BCUT2D eigenvalue weighted by molar-refractivity contribution is 5.86. The van der Waals surface area contributed by atoms with Crippen LogP contribution in [0.1, 0.15) is 6.92 Å². The molecular formula is C13H11N3O2. The zero-order valence-corrected chi connectivity index (χ0v) is 9.80. The Hall–Kier alpha value is -2.52. The van der Waals surface area contributed by atoms with Gasteiger partial charge in [0.25, 0.3) is 0 Å². The number of nitrogens with two attached hydrogens (primary N) is 1. The molecule has 90 valence electrons. The van der Waals surface area contributed by atoms with Crippen LogP contribution in [0.25, 0.3) is 16.7 Å². The molecule has 0 saturated carbocycles. The lowest BCUT2D eigenvalue weighted by Crippen LogP contribution is -2.08. The van der Waals surface area contributed by atoms with Gasteiger partial charge in [-0.2, -0.15) is 0 Å². The lowest BCUT2D eigenvalue weighted by Gasteiger charge is -2.06. The Morgan fingerprint density at radius 2 is 2.28 bits per heavy atom. The van der Waals surface area contributed by atoms with Gasteiger partial charge in [-0.3, -0.25) is 4.40 Å². The summed E-state index contributed by atoms with van der Waals surface area (Å²) in [6, 6.07) is 7.01. The second-order valence-electron chi connectivity index (χ2n) is 3.94. The van der Waals surface area contributed by atoms with Gasteiger partial charge in [0, 0.05) is 6.07 Å². The van der Waals surface area contributed by atoms with Gasteiger partial charge in [0.2, 0.25) is 0 Å². The van der Waals surface area contributed by atoms with Gasteiger partial charge in [0.15, 0.2) is 5.94 Å². The van der Waals surface area contributed by atoms with Crippen LogP contribution in [0.4, 0.5) is 5.69 Å². The van der Waals surface area contributed by atoms with Crippen LogP contribution in [0.2, 0.25) is 0 Å². The number of hydrogen-bond acceptors (Lipinski definition) is 4. The molecule has 0 unspecified atom stereocenters. The quantitative estimate of drug-likeness (QED) is 0.670. The van der Waals surface area contributed by atoms with Gasteiger partial charge in [-0.15, -0.1) is 0 Å². The molecule has 0 atom stereocenters. The summed E-state index contributed by atoms with van der Waals surface area (Å²) >= 11 is 0. The van der Waals surface area contributed by atoms with Crippen molar-refractivity contribution in [1.29, 1.82) is 0 Å². The van der Waals surface area contributed by atoms with Crippen LogP contribution in [0, 0.1) is 0 Å². The molecule has 0 aliphatic rings. The van der Waals surface area contributed by atoms with Crippen molar-refractivity contribution in [2.45, 2.75) is 6.92 Å². The van der Waals surface area contributed by atoms with Gasteiger partial charge in [0.1, 0.15) is 16.7 Å². The van der Waals surface area contributed by atoms with E-state index in [0.717, 1.165) is 11.0 Å². The van der Waals surface area contributed by atoms with Crippen molar-refractivity contribution in [2.75, 3.05) is 12.3 Å². The van der Waals surface area contributed by atoms with Crippen molar-refractivity contribution < 1.29 is 9.53 Å². The van der Waals surface area contributed by atoms with Crippen molar-refractivity contribution in [1.82, 2.24) is 9.38 Å². The molecule has 0 radical (unpaired) electrons. The van der Waals surface area contributed by atoms with Crippen LogP contribution in [0.3, 0.4) is 0 Å². The Morgan fingerprint density at radius 1 is 1.44 bits per heavy atom. The van der Waals surface area contributed by atoms with Crippen LogP contribution >= 0.6 is 0 Å². The molecule has 0 aliphatic carbocycles. The van der Waals surface area contributed by atoms with Crippen molar-refractivity contribution in [3.63, 3.8) is 0 Å². The molecule has 0 fully saturated rings. The number of carbonyl (C=O) groups excluding carboxylic acids is 1. The zero-order chi connectivity index (χ0) is 12.7. The molecule has 0 saturated heterocycles. The molecule has 0 aliphatic heterocycles. The maximum absolute atomic E-state index is 10.8. The minimum Gasteiger partial charge on any atom is -0.492 e. The van der Waals surface area contributed by atoms with Crippen molar-refractivity contribution in [3.05, 3.63) is 29.6 Å². The van der Waals surface area contributed by atoms with E-state index < -0.39 is 0 Å². The molecule has 3 rings (SSSR count). The van der Waals surface area contributed by atoms with E-state index in [1.165, 1.54) is 0 Å².